The summed E-state index contributed by atoms with van der Waals surface area (Å²) in [5.74, 6) is -1.17. The zero-order valence-corrected chi connectivity index (χ0v) is 12.6. The number of nitrogens with one attached hydrogen (secondary N) is 1. The third-order valence-corrected chi connectivity index (χ3v) is 3.26. The normalized spacial score (nSPS) is 11.9. The smallest absolute Gasteiger partial charge is 0.306 e. The molecule has 0 radical (unpaired) electrons. The van der Waals surface area contributed by atoms with E-state index in [1.807, 2.05) is 12.1 Å². The zero-order valence-electron chi connectivity index (χ0n) is 12.6. The first-order chi connectivity index (χ1) is 10.1. The summed E-state index contributed by atoms with van der Waals surface area (Å²) in [5.41, 5.74) is 1.79. The maximum absolute atomic E-state index is 12.0. The van der Waals surface area contributed by atoms with Gasteiger partial charge < -0.3 is 15.2 Å². The fourth-order valence-corrected chi connectivity index (χ4v) is 1.95. The van der Waals surface area contributed by atoms with Crippen LogP contribution in [-0.4, -0.2) is 36.7 Å². The van der Waals surface area contributed by atoms with E-state index in [4.69, 9.17) is 9.84 Å². The number of ether oxygens (including phenoxy) is 1. The molecule has 1 rings (SSSR count). The highest BCUT2D eigenvalue weighted by Crippen LogP contribution is 2.08. The molecule has 0 saturated carbocycles. The van der Waals surface area contributed by atoms with Gasteiger partial charge in [-0.15, -0.1) is 0 Å². The number of aryl methyl sites for hydroxylation is 1. The minimum atomic E-state index is -0.948. The van der Waals surface area contributed by atoms with Crippen LogP contribution in [0.5, 0.6) is 0 Å². The molecule has 0 aliphatic heterocycles. The molecule has 0 aliphatic carbocycles. The number of carbonyl (C=O) groups is 2. The van der Waals surface area contributed by atoms with Crippen molar-refractivity contribution in [1.29, 1.82) is 0 Å². The number of unbranched alkanes of at least 4 members (excludes halogenated alkanes) is 1. The molecular formula is C16H23NO4. The second kappa shape index (κ2) is 9.13. The minimum absolute atomic E-state index is 0.132. The van der Waals surface area contributed by atoms with E-state index in [0.717, 1.165) is 19.3 Å². The summed E-state index contributed by atoms with van der Waals surface area (Å²) in [4.78, 5) is 22.6. The summed E-state index contributed by atoms with van der Waals surface area (Å²) in [6.45, 7) is 2.32. The molecule has 2 N–H and O–H groups in total. The van der Waals surface area contributed by atoms with Gasteiger partial charge >= 0.3 is 5.97 Å². The highest BCUT2D eigenvalue weighted by atomic mass is 16.5. The summed E-state index contributed by atoms with van der Waals surface area (Å²) < 4.78 is 5.02. The van der Waals surface area contributed by atoms with E-state index >= 15 is 0 Å². The van der Waals surface area contributed by atoms with Gasteiger partial charge in [-0.1, -0.05) is 25.5 Å². The van der Waals surface area contributed by atoms with Gasteiger partial charge in [-0.3, -0.25) is 9.59 Å². The second-order valence-electron chi connectivity index (χ2n) is 4.97. The number of carboxylic acid groups (broad SMARTS) is 1. The molecule has 1 unspecified atom stereocenters. The van der Waals surface area contributed by atoms with Crippen LogP contribution >= 0.6 is 0 Å². The van der Waals surface area contributed by atoms with Crippen molar-refractivity contribution in [3.05, 3.63) is 35.4 Å². The second-order valence-corrected chi connectivity index (χ2v) is 4.97. The van der Waals surface area contributed by atoms with Crippen LogP contribution in [0, 0.1) is 0 Å². The van der Waals surface area contributed by atoms with Gasteiger partial charge in [-0.2, -0.15) is 0 Å². The van der Waals surface area contributed by atoms with Crippen molar-refractivity contribution in [3.8, 4) is 0 Å². The molecule has 0 spiro atoms. The van der Waals surface area contributed by atoms with Gasteiger partial charge in [0, 0.05) is 19.2 Å². The Labute approximate surface area is 125 Å². The van der Waals surface area contributed by atoms with Gasteiger partial charge in [0.05, 0.1) is 12.5 Å². The predicted octanol–water partition coefficient (Wildman–Crippen LogP) is 2.25. The van der Waals surface area contributed by atoms with Crippen molar-refractivity contribution < 1.29 is 19.4 Å². The Kier molecular flexibility index (Phi) is 7.46. The predicted molar refractivity (Wildman–Crippen MR) is 80.4 cm³/mol. The summed E-state index contributed by atoms with van der Waals surface area (Å²) in [5, 5.41) is 11.4. The maximum Gasteiger partial charge on any atom is 0.306 e. The molecule has 21 heavy (non-hydrogen) atoms. The molecule has 116 valence electrons. The van der Waals surface area contributed by atoms with Crippen molar-refractivity contribution in [2.75, 3.05) is 13.7 Å². The van der Waals surface area contributed by atoms with Crippen LogP contribution in [0.2, 0.25) is 0 Å². The van der Waals surface area contributed by atoms with E-state index in [0.29, 0.717) is 5.56 Å². The van der Waals surface area contributed by atoms with E-state index in [1.54, 1.807) is 12.1 Å². The number of aliphatic carboxylic acids is 1. The van der Waals surface area contributed by atoms with Crippen molar-refractivity contribution >= 4 is 11.9 Å². The van der Waals surface area contributed by atoms with Gasteiger partial charge in [0.15, 0.2) is 0 Å². The number of amides is 1. The first kappa shape index (κ1) is 17.2. The van der Waals surface area contributed by atoms with Crippen LogP contribution in [0.3, 0.4) is 0 Å². The molecule has 1 atom stereocenters. The zero-order chi connectivity index (χ0) is 15.7. The summed E-state index contributed by atoms with van der Waals surface area (Å²) >= 11 is 0. The highest BCUT2D eigenvalue weighted by molar-refractivity contribution is 5.94. The molecule has 1 aromatic carbocycles. The van der Waals surface area contributed by atoms with E-state index in [2.05, 4.69) is 12.2 Å². The van der Waals surface area contributed by atoms with Crippen LogP contribution in [0.4, 0.5) is 0 Å². The van der Waals surface area contributed by atoms with Gasteiger partial charge in [-0.25, -0.2) is 0 Å². The van der Waals surface area contributed by atoms with Gasteiger partial charge in [-0.05, 0) is 30.5 Å². The Balaban J connectivity index is 2.49. The van der Waals surface area contributed by atoms with Crippen molar-refractivity contribution in [2.45, 2.75) is 38.7 Å². The molecule has 0 aromatic heterocycles. The third-order valence-electron chi connectivity index (χ3n) is 3.26. The molecule has 0 heterocycles. The molecule has 0 bridgehead atoms. The number of benzene rings is 1. The fourth-order valence-electron chi connectivity index (χ4n) is 1.95. The van der Waals surface area contributed by atoms with E-state index in [9.17, 15) is 9.59 Å². The molecule has 5 nitrogen and oxygen atoms in total. The number of carbonyl (C=O) groups excluding carboxylic acids is 1. The lowest BCUT2D eigenvalue weighted by molar-refractivity contribution is -0.139. The molecule has 0 saturated heterocycles. The third kappa shape index (κ3) is 6.40. The van der Waals surface area contributed by atoms with Crippen LogP contribution in [0.15, 0.2) is 24.3 Å². The first-order valence-corrected chi connectivity index (χ1v) is 7.18. The topological polar surface area (TPSA) is 75.6 Å². The number of hydrogen-bond donors (Lipinski definition) is 2. The van der Waals surface area contributed by atoms with Crippen molar-refractivity contribution in [3.63, 3.8) is 0 Å². The lowest BCUT2D eigenvalue weighted by atomic mass is 10.1. The number of methoxy groups -OCH3 is 1. The van der Waals surface area contributed by atoms with Crippen LogP contribution in [0.25, 0.3) is 0 Å². The first-order valence-electron chi connectivity index (χ1n) is 7.18. The SMILES string of the molecule is CCCCc1ccc(C(=O)NCC(CC(=O)O)OC)cc1. The molecule has 5 heteroatoms. The Morgan fingerprint density at radius 1 is 1.29 bits per heavy atom. The quantitative estimate of drug-likeness (QED) is 0.732. The Bertz CT molecular complexity index is 456. The van der Waals surface area contributed by atoms with Crippen LogP contribution < -0.4 is 5.32 Å². The van der Waals surface area contributed by atoms with E-state index in [-0.39, 0.29) is 18.9 Å². The van der Waals surface area contributed by atoms with E-state index in [1.165, 1.54) is 12.7 Å². The van der Waals surface area contributed by atoms with Gasteiger partial charge in [0.25, 0.3) is 5.91 Å². The molecule has 0 fully saturated rings. The monoisotopic (exact) mass is 293 g/mol. The molecule has 0 aliphatic rings. The molecule has 1 amide bonds. The highest BCUT2D eigenvalue weighted by Gasteiger charge is 2.14. The number of hydrogen-bond acceptors (Lipinski definition) is 3. The lowest BCUT2D eigenvalue weighted by Gasteiger charge is -2.14. The Morgan fingerprint density at radius 3 is 2.48 bits per heavy atom. The van der Waals surface area contributed by atoms with E-state index < -0.39 is 12.1 Å². The van der Waals surface area contributed by atoms with Crippen LogP contribution in [-0.2, 0) is 16.0 Å². The summed E-state index contributed by atoms with van der Waals surface area (Å²) in [6, 6.07) is 7.49. The lowest BCUT2D eigenvalue weighted by Crippen LogP contribution is -2.34. The average Bonchev–Trinajstić information content (AvgIpc) is 2.49. The maximum atomic E-state index is 12.0. The van der Waals surface area contributed by atoms with Crippen molar-refractivity contribution in [1.82, 2.24) is 5.32 Å². The molecular weight excluding hydrogens is 270 g/mol. The number of rotatable bonds is 9. The number of carboxylic acids is 1. The summed E-state index contributed by atoms with van der Waals surface area (Å²) in [7, 11) is 1.43. The average molecular weight is 293 g/mol. The molecule has 1 aromatic rings. The standard InChI is InChI=1S/C16H23NO4/c1-3-4-5-12-6-8-13(9-7-12)16(20)17-11-14(21-2)10-15(18)19/h6-9,14H,3-5,10-11H2,1-2H3,(H,17,20)(H,18,19). The largest absolute Gasteiger partial charge is 0.481 e. The fraction of sp³-hybridized carbons (Fsp3) is 0.500. The Hall–Kier alpha value is -1.88. The Morgan fingerprint density at radius 2 is 1.95 bits per heavy atom. The van der Waals surface area contributed by atoms with Gasteiger partial charge in [0.2, 0.25) is 0 Å². The van der Waals surface area contributed by atoms with Crippen molar-refractivity contribution in [2.24, 2.45) is 0 Å². The summed E-state index contributed by atoms with van der Waals surface area (Å²) in [6.07, 6.45) is 2.64. The van der Waals surface area contributed by atoms with Crippen LogP contribution in [0.1, 0.15) is 42.1 Å². The minimum Gasteiger partial charge on any atom is -0.481 e. The van der Waals surface area contributed by atoms with Gasteiger partial charge in [0.1, 0.15) is 0 Å².